The first kappa shape index (κ1) is 18.4. The normalized spacial score (nSPS) is 31.2. The van der Waals surface area contributed by atoms with Gasteiger partial charge in [0.25, 0.3) is 11.8 Å². The van der Waals surface area contributed by atoms with Crippen molar-refractivity contribution in [3.8, 4) is 0 Å². The molecule has 4 aliphatic rings. The highest BCUT2D eigenvalue weighted by molar-refractivity contribution is 6.24. The summed E-state index contributed by atoms with van der Waals surface area (Å²) in [6.45, 7) is 2.54. The van der Waals surface area contributed by atoms with Crippen molar-refractivity contribution in [3.05, 3.63) is 34.9 Å². The molecule has 3 atom stereocenters. The van der Waals surface area contributed by atoms with Crippen LogP contribution in [-0.4, -0.2) is 53.2 Å². The lowest BCUT2D eigenvalue weighted by molar-refractivity contribution is -0.136. The van der Waals surface area contributed by atoms with Gasteiger partial charge in [-0.2, -0.15) is 0 Å². The van der Waals surface area contributed by atoms with Crippen molar-refractivity contribution in [2.45, 2.75) is 50.2 Å². The highest BCUT2D eigenvalue weighted by Crippen LogP contribution is 2.49. The Hall–Kier alpha value is -2.58. The van der Waals surface area contributed by atoms with Gasteiger partial charge in [0.05, 0.1) is 11.1 Å². The van der Waals surface area contributed by atoms with Gasteiger partial charge < -0.3 is 10.6 Å². The Morgan fingerprint density at radius 3 is 2.79 bits per heavy atom. The second-order valence-electron chi connectivity index (χ2n) is 8.49. The quantitative estimate of drug-likeness (QED) is 0.633. The number of nitrogens with one attached hydrogen (secondary N) is 3. The second-order valence-corrected chi connectivity index (χ2v) is 8.49. The van der Waals surface area contributed by atoms with Crippen molar-refractivity contribution in [1.82, 2.24) is 20.9 Å². The average molecular weight is 396 g/mol. The molecule has 152 valence electrons. The van der Waals surface area contributed by atoms with E-state index >= 15 is 0 Å². The Morgan fingerprint density at radius 2 is 1.97 bits per heavy atom. The van der Waals surface area contributed by atoms with Crippen LogP contribution in [0.5, 0.6) is 0 Å². The molecule has 3 aliphatic heterocycles. The van der Waals surface area contributed by atoms with Crippen LogP contribution in [0.15, 0.2) is 18.2 Å². The molecule has 29 heavy (non-hydrogen) atoms. The van der Waals surface area contributed by atoms with Crippen LogP contribution in [0, 0.1) is 5.92 Å². The summed E-state index contributed by atoms with van der Waals surface area (Å²) in [5.41, 5.74) is 1.63. The van der Waals surface area contributed by atoms with E-state index in [0.717, 1.165) is 42.8 Å². The molecule has 8 nitrogen and oxygen atoms in total. The van der Waals surface area contributed by atoms with Gasteiger partial charge in [-0.15, -0.1) is 0 Å². The standard InChI is InChI=1S/C21H24N4O4/c26-16-5-4-15(18(27)24-16)25-19(28)14-3-1-2-12(17(14)20(25)29)11-23-21-7-9-22-8-6-13(21)10-21/h1-3,13,15,22-23H,4-11H2,(H,24,26,27). The third-order valence-corrected chi connectivity index (χ3v) is 6.83. The van der Waals surface area contributed by atoms with E-state index in [1.807, 2.05) is 6.07 Å². The molecule has 3 fully saturated rings. The number of amides is 4. The number of carbonyl (C=O) groups is 4. The number of hydrogen-bond donors (Lipinski definition) is 3. The zero-order chi connectivity index (χ0) is 20.2. The summed E-state index contributed by atoms with van der Waals surface area (Å²) in [5, 5.41) is 9.32. The largest absolute Gasteiger partial charge is 0.317 e. The average Bonchev–Trinajstić information content (AvgIpc) is 3.36. The summed E-state index contributed by atoms with van der Waals surface area (Å²) in [4.78, 5) is 50.8. The first-order chi connectivity index (χ1) is 14.0. The van der Waals surface area contributed by atoms with Gasteiger partial charge in [-0.05, 0) is 56.3 Å². The van der Waals surface area contributed by atoms with Crippen molar-refractivity contribution in [3.63, 3.8) is 0 Å². The highest BCUT2D eigenvalue weighted by Gasteiger charge is 2.53. The van der Waals surface area contributed by atoms with Gasteiger partial charge in [0.1, 0.15) is 6.04 Å². The molecule has 3 unspecified atom stereocenters. The molecule has 3 N–H and O–H groups in total. The monoisotopic (exact) mass is 396 g/mol. The van der Waals surface area contributed by atoms with Crippen molar-refractivity contribution in [1.29, 1.82) is 0 Å². The van der Waals surface area contributed by atoms with E-state index in [0.29, 0.717) is 23.6 Å². The van der Waals surface area contributed by atoms with Crippen LogP contribution in [0.2, 0.25) is 0 Å². The molecular formula is C21H24N4O4. The van der Waals surface area contributed by atoms with Gasteiger partial charge >= 0.3 is 0 Å². The molecule has 0 bridgehead atoms. The first-order valence-electron chi connectivity index (χ1n) is 10.3. The molecule has 8 heteroatoms. The van der Waals surface area contributed by atoms with Crippen LogP contribution in [0.3, 0.4) is 0 Å². The topological polar surface area (TPSA) is 108 Å². The fraction of sp³-hybridized carbons (Fsp3) is 0.524. The number of imide groups is 2. The molecule has 1 aromatic rings. The summed E-state index contributed by atoms with van der Waals surface area (Å²) in [5.74, 6) is -1.19. The van der Waals surface area contributed by atoms with Crippen molar-refractivity contribution < 1.29 is 19.2 Å². The third-order valence-electron chi connectivity index (χ3n) is 6.83. The zero-order valence-corrected chi connectivity index (χ0v) is 16.1. The number of hydrogen-bond acceptors (Lipinski definition) is 6. The van der Waals surface area contributed by atoms with E-state index in [1.165, 1.54) is 0 Å². The van der Waals surface area contributed by atoms with E-state index in [1.54, 1.807) is 12.1 Å². The zero-order valence-electron chi connectivity index (χ0n) is 16.1. The summed E-state index contributed by atoms with van der Waals surface area (Å²) in [7, 11) is 0. The van der Waals surface area contributed by atoms with Gasteiger partial charge in [0.15, 0.2) is 0 Å². The third kappa shape index (κ3) is 2.98. The minimum absolute atomic E-state index is 0.121. The van der Waals surface area contributed by atoms with Crippen LogP contribution < -0.4 is 16.0 Å². The lowest BCUT2D eigenvalue weighted by Crippen LogP contribution is -2.54. The van der Waals surface area contributed by atoms with E-state index in [4.69, 9.17) is 0 Å². The SMILES string of the molecule is O=C1CCC(N2C(=O)c3cccc(CNC45CCNCCC4C5)c3C2=O)C(=O)N1. The number of benzene rings is 1. The number of piperidine rings is 1. The van der Waals surface area contributed by atoms with Crippen LogP contribution in [0.25, 0.3) is 0 Å². The maximum Gasteiger partial charge on any atom is 0.262 e. The number of fused-ring (bicyclic) bond motifs is 2. The van der Waals surface area contributed by atoms with Gasteiger partial charge in [-0.1, -0.05) is 12.1 Å². The number of carbonyl (C=O) groups excluding carboxylic acids is 4. The van der Waals surface area contributed by atoms with Gasteiger partial charge in [-0.25, -0.2) is 0 Å². The fourth-order valence-electron chi connectivity index (χ4n) is 5.09. The smallest absolute Gasteiger partial charge is 0.262 e. The summed E-state index contributed by atoms with van der Waals surface area (Å²) in [6.07, 6.45) is 3.65. The van der Waals surface area contributed by atoms with Crippen molar-refractivity contribution in [2.24, 2.45) is 5.92 Å². The number of nitrogens with zero attached hydrogens (tertiary/aromatic N) is 1. The van der Waals surface area contributed by atoms with Crippen molar-refractivity contribution >= 4 is 23.6 Å². The van der Waals surface area contributed by atoms with Gasteiger partial charge in [0.2, 0.25) is 11.8 Å². The Morgan fingerprint density at radius 1 is 1.10 bits per heavy atom. The minimum Gasteiger partial charge on any atom is -0.317 e. The summed E-state index contributed by atoms with van der Waals surface area (Å²) >= 11 is 0. The van der Waals surface area contributed by atoms with Crippen LogP contribution in [0.1, 0.15) is 58.4 Å². The molecule has 2 saturated heterocycles. The summed E-state index contributed by atoms with van der Waals surface area (Å²) in [6, 6.07) is 4.36. The van der Waals surface area contributed by atoms with Crippen molar-refractivity contribution in [2.75, 3.05) is 13.1 Å². The molecule has 1 aliphatic carbocycles. The van der Waals surface area contributed by atoms with Crippen LogP contribution in [0.4, 0.5) is 0 Å². The number of rotatable bonds is 4. The molecule has 5 rings (SSSR count). The molecule has 4 amide bonds. The highest BCUT2D eigenvalue weighted by atomic mass is 16.2. The van der Waals surface area contributed by atoms with E-state index in [2.05, 4.69) is 16.0 Å². The van der Waals surface area contributed by atoms with Crippen LogP contribution in [-0.2, 0) is 16.1 Å². The molecule has 1 saturated carbocycles. The Labute approximate surface area is 168 Å². The molecule has 0 spiro atoms. The Balaban J connectivity index is 1.38. The van der Waals surface area contributed by atoms with E-state index < -0.39 is 23.8 Å². The first-order valence-corrected chi connectivity index (χ1v) is 10.3. The van der Waals surface area contributed by atoms with E-state index in [9.17, 15) is 19.2 Å². The van der Waals surface area contributed by atoms with Crippen LogP contribution >= 0.6 is 0 Å². The maximum atomic E-state index is 13.2. The maximum absolute atomic E-state index is 13.2. The minimum atomic E-state index is -0.930. The lowest BCUT2D eigenvalue weighted by atomic mass is 10.0. The van der Waals surface area contributed by atoms with Gasteiger partial charge in [0, 0.05) is 18.5 Å². The second kappa shape index (κ2) is 6.74. The molecule has 1 aromatic carbocycles. The Kier molecular flexibility index (Phi) is 4.29. The van der Waals surface area contributed by atoms with Gasteiger partial charge in [-0.3, -0.25) is 29.4 Å². The predicted molar refractivity (Wildman–Crippen MR) is 103 cm³/mol. The lowest BCUT2D eigenvalue weighted by Gasteiger charge is -2.27. The molecule has 0 aromatic heterocycles. The predicted octanol–water partition coefficient (Wildman–Crippen LogP) is 0.320. The van der Waals surface area contributed by atoms with E-state index in [-0.39, 0.29) is 24.3 Å². The summed E-state index contributed by atoms with van der Waals surface area (Å²) < 4.78 is 0. The molecule has 3 heterocycles. The molecule has 0 radical (unpaired) electrons. The fourth-order valence-corrected chi connectivity index (χ4v) is 5.09. The molecular weight excluding hydrogens is 372 g/mol. The Bertz CT molecular complexity index is 929.